The van der Waals surface area contributed by atoms with Crippen LogP contribution in [0.1, 0.15) is 10.4 Å². The Morgan fingerprint density at radius 3 is 1.25 bits per heavy atom. The van der Waals surface area contributed by atoms with Gasteiger partial charge in [0.25, 0.3) is 0 Å². The van der Waals surface area contributed by atoms with Crippen LogP contribution in [-0.2, 0) is 14.4 Å². The summed E-state index contributed by atoms with van der Waals surface area (Å²) in [5.41, 5.74) is 0. The van der Waals surface area contributed by atoms with Crippen molar-refractivity contribution in [1.82, 2.24) is 0 Å². The molecule has 0 aromatic rings. The summed E-state index contributed by atoms with van der Waals surface area (Å²) >= 11 is 12.1. The Labute approximate surface area is 121 Å². The molecule has 0 fully saturated rings. The molecule has 0 aromatic heterocycles. The number of halogens is 5. The van der Waals surface area contributed by atoms with E-state index >= 15 is 0 Å². The maximum absolute atomic E-state index is 5.00. The van der Waals surface area contributed by atoms with E-state index in [0.29, 0.717) is 9.47 Å². The zero-order chi connectivity index (χ0) is 8.28. The van der Waals surface area contributed by atoms with Gasteiger partial charge in [-0.25, -0.2) is 0 Å². The fraction of sp³-hybridized carbons (Fsp3) is 1.00. The molecular formula is CH6I5V2. The first-order valence-electron chi connectivity index (χ1n) is 1.85. The van der Waals surface area contributed by atoms with Gasteiger partial charge in [0, 0.05) is 2.97 Å². The van der Waals surface area contributed by atoms with E-state index in [1.165, 1.54) is 0 Å². The summed E-state index contributed by atoms with van der Waals surface area (Å²) in [7, 11) is 0.628. The zero-order valence-electron chi connectivity index (χ0n) is 4.78. The summed E-state index contributed by atoms with van der Waals surface area (Å²) in [5.74, 6) is 0. The van der Waals surface area contributed by atoms with Gasteiger partial charge >= 0.3 is 114 Å². The Hall–Kier alpha value is 4.82. The Balaban J connectivity index is -0.0000000273. The fourth-order valence-electron chi connectivity index (χ4n) is 0. The predicted octanol–water partition coefficient (Wildman–Crippen LogP) is 5.31. The molecule has 0 rings (SSSR count). The second-order valence-electron chi connectivity index (χ2n) is 0.256. The van der Waals surface area contributed by atoms with Crippen molar-refractivity contribution in [3.63, 3.8) is 0 Å². The van der Waals surface area contributed by atoms with Crippen LogP contribution >= 0.6 is 99.9 Å². The molecule has 0 bridgehead atoms. The Kier molecular flexibility index (Phi) is 34.0. The molecule has 0 heterocycles. The summed E-state index contributed by atoms with van der Waals surface area (Å²) in [4.78, 5) is -0.278. The second kappa shape index (κ2) is 17.8. The third-order valence-corrected chi connectivity index (χ3v) is 0. The fourth-order valence-corrected chi connectivity index (χ4v) is 0. The van der Waals surface area contributed by atoms with E-state index in [4.69, 9.17) is 2.97 Å². The van der Waals surface area contributed by atoms with Crippen LogP contribution < -0.4 is 0 Å². The molecule has 0 N–H and O–H groups in total. The summed E-state index contributed by atoms with van der Waals surface area (Å²) in [6.07, 6.45) is 0. The monoisotopic (exact) mass is 758 g/mol. The van der Waals surface area contributed by atoms with Gasteiger partial charge in [0.1, 0.15) is 0 Å². The molecule has 0 unspecified atom stereocenters. The van der Waals surface area contributed by atoms with Crippen LogP contribution in [0.15, 0.2) is 0 Å². The molecule has 0 aliphatic heterocycles. The quantitative estimate of drug-likeness (QED) is 0.295. The second-order valence-corrected chi connectivity index (χ2v) is 47.4. The van der Waals surface area contributed by atoms with Gasteiger partial charge in [0.05, 0.1) is 0 Å². The van der Waals surface area contributed by atoms with Crippen LogP contribution in [-0.4, -0.2) is 0 Å². The summed E-state index contributed by atoms with van der Waals surface area (Å²) in [6.45, 7) is 0. The van der Waals surface area contributed by atoms with Gasteiger partial charge < -0.3 is 0 Å². The van der Waals surface area contributed by atoms with Crippen molar-refractivity contribution >= 4 is 99.9 Å². The van der Waals surface area contributed by atoms with E-state index in [9.17, 15) is 0 Å². The normalized spacial score (nSPS) is 7.25. The van der Waals surface area contributed by atoms with Crippen LogP contribution in [0.5, 0.6) is 0 Å². The Morgan fingerprint density at radius 1 is 1.25 bits per heavy atom. The van der Waals surface area contributed by atoms with Gasteiger partial charge in [-0.15, -0.1) is 0 Å². The maximum atomic E-state index is 5.00. The number of rotatable bonds is 0. The molecule has 0 aliphatic rings. The van der Waals surface area contributed by atoms with Gasteiger partial charge in [-0.3, -0.25) is 0 Å². The molecule has 0 radical (unpaired) electrons. The van der Waals surface area contributed by atoms with Crippen LogP contribution in [0.2, 0.25) is 0 Å². The van der Waals surface area contributed by atoms with Crippen molar-refractivity contribution in [2.45, 2.75) is 7.43 Å². The molecule has 0 saturated heterocycles. The summed E-state index contributed by atoms with van der Waals surface area (Å²) in [6, 6.07) is 0. The van der Waals surface area contributed by atoms with E-state index < -0.39 is 0 Å². The van der Waals surface area contributed by atoms with Crippen molar-refractivity contribution in [1.29, 1.82) is 0 Å². The molecule has 0 saturated carbocycles. The van der Waals surface area contributed by atoms with E-state index in [2.05, 4.69) is 99.9 Å². The van der Waals surface area contributed by atoms with Gasteiger partial charge in [-0.05, 0) is 0 Å². The predicted molar refractivity (Wildman–Crippen MR) is 78.9 cm³/mol. The van der Waals surface area contributed by atoms with Gasteiger partial charge in [-0.1, -0.05) is 7.43 Å². The van der Waals surface area contributed by atoms with E-state index in [1.54, 1.807) is 0 Å². The van der Waals surface area contributed by atoms with Crippen molar-refractivity contribution in [2.24, 2.45) is 0 Å². The van der Waals surface area contributed by atoms with Crippen LogP contribution in [0.4, 0.5) is 0 Å². The average Bonchev–Trinajstić information content (AvgIpc) is 1.71. The van der Waals surface area contributed by atoms with Gasteiger partial charge in [0.2, 0.25) is 0 Å². The summed E-state index contributed by atoms with van der Waals surface area (Å²) in [5, 5.41) is 0. The number of hydrogen-bond acceptors (Lipinski definition) is 0. The molecule has 0 aliphatic carbocycles. The van der Waals surface area contributed by atoms with E-state index in [0.717, 1.165) is 0 Å². The van der Waals surface area contributed by atoms with Gasteiger partial charge in [0.15, 0.2) is 0 Å². The molecule has 0 spiro atoms. The zero-order valence-corrected chi connectivity index (χ0v) is 16.4. The topological polar surface area (TPSA) is 0 Å². The molecular weight excluding hydrogens is 748 g/mol. The molecule has 0 nitrogen and oxygen atoms in total. The average molecular weight is 758 g/mol. The molecule has 7 heteroatoms. The first kappa shape index (κ1) is 15.3. The molecule has 55 valence electrons. The van der Waals surface area contributed by atoms with Crippen molar-refractivity contribution in [3.8, 4) is 0 Å². The minimum atomic E-state index is -0.278. The third-order valence-electron chi connectivity index (χ3n) is 0. The van der Waals surface area contributed by atoms with Crippen LogP contribution in [0.25, 0.3) is 0 Å². The van der Waals surface area contributed by atoms with Crippen LogP contribution in [0.3, 0.4) is 0 Å². The first-order valence-corrected chi connectivity index (χ1v) is 23.4. The summed E-state index contributed by atoms with van der Waals surface area (Å²) < 4.78 is 10.0. The molecule has 8 heavy (non-hydrogen) atoms. The van der Waals surface area contributed by atoms with Gasteiger partial charge in [-0.2, -0.15) is 0 Å². The third kappa shape index (κ3) is 44.9. The van der Waals surface area contributed by atoms with E-state index in [1.807, 2.05) is 0 Å². The van der Waals surface area contributed by atoms with Crippen molar-refractivity contribution in [3.05, 3.63) is 0 Å². The standard InChI is InChI=1S/CH4.5HI.2V.H2/h1H4;5*1H;;;1H/q;;;;;;+2;+3;/p-5/i;;;;;;;;1+2T. The Bertz CT molecular complexity index is 28.9. The SMILES string of the molecule is C.[3H][3H].[I][V]([I])[I].[I][V][I]. The van der Waals surface area contributed by atoms with Crippen molar-refractivity contribution < 1.29 is 17.4 Å². The molecule has 0 aromatic carbocycles. The molecule has 0 atom stereocenters. The first-order chi connectivity index (χ1) is 4.15. The minimum absolute atomic E-state index is 0. The van der Waals surface area contributed by atoms with Crippen molar-refractivity contribution in [2.75, 3.05) is 0 Å². The van der Waals surface area contributed by atoms with E-state index in [-0.39, 0.29) is 12.3 Å². The number of hydrogen-bond donors (Lipinski definition) is 0. The Morgan fingerprint density at radius 2 is 1.25 bits per heavy atom. The molecule has 0 amide bonds. The van der Waals surface area contributed by atoms with Crippen LogP contribution in [0, 0.1) is 0 Å².